The summed E-state index contributed by atoms with van der Waals surface area (Å²) in [6.07, 6.45) is 2.82. The molecule has 0 saturated carbocycles. The van der Waals surface area contributed by atoms with Crippen LogP contribution < -0.4 is 10.2 Å². The first-order chi connectivity index (χ1) is 14.7. The van der Waals surface area contributed by atoms with E-state index in [9.17, 15) is 9.59 Å². The van der Waals surface area contributed by atoms with Crippen LogP contribution in [0.5, 0.6) is 0 Å². The average Bonchev–Trinajstić information content (AvgIpc) is 3.37. The number of carboxylic acid groups (broad SMARTS) is 1. The molecule has 0 bridgehead atoms. The lowest BCUT2D eigenvalue weighted by Gasteiger charge is -2.12. The predicted octanol–water partition coefficient (Wildman–Crippen LogP) is 1.35. The molecule has 2 N–H and O–H groups in total. The molecule has 0 aromatic carbocycles. The number of carboxylic acids is 1. The molecule has 1 unspecified atom stereocenters. The minimum atomic E-state index is -0.833. The fraction of sp³-hybridized carbons (Fsp3) is 0.632. The third-order valence-corrected chi connectivity index (χ3v) is 5.46. The van der Waals surface area contributed by atoms with Crippen LogP contribution in [0.2, 0.25) is 0 Å². The van der Waals surface area contributed by atoms with Gasteiger partial charge < -0.3 is 10.4 Å². The molecule has 1 fully saturated rings. The molecule has 1 aliphatic heterocycles. The smallest absolute Gasteiger partial charge is 0.300 e. The molecule has 0 aliphatic carbocycles. The van der Waals surface area contributed by atoms with E-state index >= 15 is 0 Å². The van der Waals surface area contributed by atoms with Gasteiger partial charge in [-0.3, -0.25) is 24.0 Å². The van der Waals surface area contributed by atoms with Crippen LogP contribution in [0.4, 0.5) is 5.13 Å². The third-order valence-electron chi connectivity index (χ3n) is 4.46. The Morgan fingerprint density at radius 2 is 2.00 bits per heavy atom. The van der Waals surface area contributed by atoms with Crippen molar-refractivity contribution < 1.29 is 19.5 Å². The van der Waals surface area contributed by atoms with E-state index < -0.39 is 5.97 Å². The van der Waals surface area contributed by atoms with E-state index in [1.54, 1.807) is 4.90 Å². The van der Waals surface area contributed by atoms with Gasteiger partial charge in [-0.1, -0.05) is 18.3 Å². The highest BCUT2D eigenvalue weighted by molar-refractivity contribution is 7.15. The number of aliphatic carboxylic acids is 1. The molecule has 170 valence electrons. The Morgan fingerprint density at radius 3 is 2.61 bits per heavy atom. The summed E-state index contributed by atoms with van der Waals surface area (Å²) < 4.78 is 1.84. The number of hydrogen-bond acceptors (Lipinski definition) is 8. The Bertz CT molecular complexity index is 907. The number of rotatable bonds is 8. The van der Waals surface area contributed by atoms with Crippen molar-refractivity contribution >= 4 is 34.3 Å². The number of hydrogen-bond donors (Lipinski definition) is 2. The molecule has 3 rings (SSSR count). The molecule has 0 radical (unpaired) electrons. The van der Waals surface area contributed by atoms with Crippen LogP contribution >= 0.6 is 11.3 Å². The first-order valence-corrected chi connectivity index (χ1v) is 11.0. The van der Waals surface area contributed by atoms with Crippen molar-refractivity contribution in [1.29, 1.82) is 0 Å². The van der Waals surface area contributed by atoms with Crippen LogP contribution in [-0.4, -0.2) is 60.9 Å². The van der Waals surface area contributed by atoms with E-state index in [0.29, 0.717) is 24.8 Å². The summed E-state index contributed by atoms with van der Waals surface area (Å²) in [5, 5.41) is 24.4. The van der Waals surface area contributed by atoms with E-state index in [2.05, 4.69) is 32.5 Å². The standard InChI is InChI=1S/C17H25N7O2S.C2H4O2/c1-4-6-14-20-21-17(27-14)23-10-13(9-15(23)25)16(26)18-7-5-8-24-12(3)19-11(2)22-24;1-2(3)4/h13H,4-10H2,1-3H3,(H,18,26);1H3,(H,3,4). The number of aromatic nitrogens is 5. The maximum absolute atomic E-state index is 12.4. The number of nitrogens with zero attached hydrogens (tertiary/aromatic N) is 6. The minimum absolute atomic E-state index is 0.0666. The summed E-state index contributed by atoms with van der Waals surface area (Å²) >= 11 is 1.43. The fourth-order valence-corrected chi connectivity index (χ4v) is 4.06. The van der Waals surface area contributed by atoms with Crippen LogP contribution in [0, 0.1) is 19.8 Å². The van der Waals surface area contributed by atoms with E-state index in [1.165, 1.54) is 11.3 Å². The number of anilines is 1. The summed E-state index contributed by atoms with van der Waals surface area (Å²) in [4.78, 5) is 39.5. The quantitative estimate of drug-likeness (QED) is 0.573. The zero-order chi connectivity index (χ0) is 23.0. The Kier molecular flexibility index (Phi) is 9.03. The van der Waals surface area contributed by atoms with E-state index in [-0.39, 0.29) is 24.2 Å². The first-order valence-electron chi connectivity index (χ1n) is 10.2. The largest absolute Gasteiger partial charge is 0.481 e. The molecule has 12 heteroatoms. The van der Waals surface area contributed by atoms with Crippen molar-refractivity contribution in [2.75, 3.05) is 18.0 Å². The van der Waals surface area contributed by atoms with E-state index in [4.69, 9.17) is 9.90 Å². The van der Waals surface area contributed by atoms with Gasteiger partial charge in [-0.2, -0.15) is 5.10 Å². The number of nitrogens with one attached hydrogen (secondary N) is 1. The average molecular weight is 452 g/mol. The van der Waals surface area contributed by atoms with Gasteiger partial charge in [0.05, 0.1) is 5.92 Å². The van der Waals surface area contributed by atoms with Crippen molar-refractivity contribution in [2.45, 2.75) is 59.9 Å². The Hall–Kier alpha value is -2.89. The van der Waals surface area contributed by atoms with Gasteiger partial charge in [-0.05, 0) is 26.7 Å². The second-order valence-corrected chi connectivity index (χ2v) is 8.27. The minimum Gasteiger partial charge on any atom is -0.481 e. The Balaban J connectivity index is 0.000000785. The van der Waals surface area contributed by atoms with Gasteiger partial charge in [0, 0.05) is 39.4 Å². The van der Waals surface area contributed by atoms with Gasteiger partial charge in [-0.15, -0.1) is 10.2 Å². The summed E-state index contributed by atoms with van der Waals surface area (Å²) in [5.41, 5.74) is 0. The molecule has 2 amide bonds. The predicted molar refractivity (Wildman–Crippen MR) is 115 cm³/mol. The monoisotopic (exact) mass is 451 g/mol. The molecular weight excluding hydrogens is 422 g/mol. The summed E-state index contributed by atoms with van der Waals surface area (Å²) in [6, 6.07) is 0. The van der Waals surface area contributed by atoms with Crippen LogP contribution in [0.15, 0.2) is 0 Å². The Labute approximate surface area is 184 Å². The van der Waals surface area contributed by atoms with Gasteiger partial charge >= 0.3 is 0 Å². The SMILES string of the molecule is CC(=O)O.CCCc1nnc(N2CC(C(=O)NCCCn3nc(C)nc3C)CC2=O)s1. The maximum Gasteiger partial charge on any atom is 0.300 e. The number of amides is 2. The zero-order valence-corrected chi connectivity index (χ0v) is 19.1. The van der Waals surface area contributed by atoms with Gasteiger partial charge in [-0.25, -0.2) is 4.98 Å². The molecule has 0 spiro atoms. The molecule has 3 heterocycles. The van der Waals surface area contributed by atoms with Gasteiger partial charge in [0.2, 0.25) is 16.9 Å². The highest BCUT2D eigenvalue weighted by Gasteiger charge is 2.36. The molecule has 11 nitrogen and oxygen atoms in total. The van der Waals surface area contributed by atoms with E-state index in [1.807, 2.05) is 18.5 Å². The van der Waals surface area contributed by atoms with Gasteiger partial charge in [0.25, 0.3) is 5.97 Å². The lowest BCUT2D eigenvalue weighted by Crippen LogP contribution is -2.33. The van der Waals surface area contributed by atoms with Crippen LogP contribution in [-0.2, 0) is 27.3 Å². The normalized spacial score (nSPS) is 15.5. The Morgan fingerprint density at radius 1 is 1.29 bits per heavy atom. The second kappa shape index (κ2) is 11.5. The molecule has 2 aromatic heterocycles. The van der Waals surface area contributed by atoms with Crippen molar-refractivity contribution in [3.05, 3.63) is 16.7 Å². The molecule has 31 heavy (non-hydrogen) atoms. The lowest BCUT2D eigenvalue weighted by atomic mass is 10.1. The van der Waals surface area contributed by atoms with Gasteiger partial charge in [0.15, 0.2) is 0 Å². The zero-order valence-electron chi connectivity index (χ0n) is 18.3. The third kappa shape index (κ3) is 7.39. The van der Waals surface area contributed by atoms with Crippen LogP contribution in [0.25, 0.3) is 0 Å². The van der Waals surface area contributed by atoms with Gasteiger partial charge in [0.1, 0.15) is 16.7 Å². The first kappa shape index (κ1) is 24.4. The molecule has 1 aliphatic rings. The molecule has 1 saturated heterocycles. The highest BCUT2D eigenvalue weighted by atomic mass is 32.1. The lowest BCUT2D eigenvalue weighted by molar-refractivity contribution is -0.134. The van der Waals surface area contributed by atoms with Crippen molar-refractivity contribution in [2.24, 2.45) is 5.92 Å². The van der Waals surface area contributed by atoms with Crippen molar-refractivity contribution in [3.8, 4) is 0 Å². The highest BCUT2D eigenvalue weighted by Crippen LogP contribution is 2.28. The summed E-state index contributed by atoms with van der Waals surface area (Å²) in [5.74, 6) is 0.292. The van der Waals surface area contributed by atoms with E-state index in [0.717, 1.165) is 42.8 Å². The number of carbonyl (C=O) groups is 3. The topological polar surface area (TPSA) is 143 Å². The second-order valence-electron chi connectivity index (χ2n) is 7.23. The number of carbonyl (C=O) groups excluding carboxylic acids is 2. The van der Waals surface area contributed by atoms with Crippen molar-refractivity contribution in [1.82, 2.24) is 30.3 Å². The summed E-state index contributed by atoms with van der Waals surface area (Å²) in [7, 11) is 0. The fourth-order valence-electron chi connectivity index (χ4n) is 3.09. The molecule has 2 aromatic rings. The number of aryl methyl sites for hydroxylation is 4. The maximum atomic E-state index is 12.4. The van der Waals surface area contributed by atoms with Crippen LogP contribution in [0.1, 0.15) is 49.8 Å². The molecular formula is C19H29N7O4S. The van der Waals surface area contributed by atoms with Crippen LogP contribution in [0.3, 0.4) is 0 Å². The summed E-state index contributed by atoms with van der Waals surface area (Å²) in [6.45, 7) is 8.55. The molecule has 1 atom stereocenters. The van der Waals surface area contributed by atoms with Crippen molar-refractivity contribution in [3.63, 3.8) is 0 Å².